The molecule has 2 rings (SSSR count). The van der Waals surface area contributed by atoms with Crippen LogP contribution in [0.15, 0.2) is 48.5 Å². The standard InChI is InChI=1S/C19H22N2O5S/c1-4-26-19(23)15-11-10-14(2)17(12-15)20-18(22)13-21(27(3,24)25)16-8-6-5-7-9-16/h5-12H,4,13H2,1-3H3,(H,20,22). The number of carbonyl (C=O) groups excluding carboxylic acids is 2. The molecule has 0 aliphatic rings. The van der Waals surface area contributed by atoms with Crippen LogP contribution >= 0.6 is 0 Å². The van der Waals surface area contributed by atoms with Crippen LogP contribution in [0.3, 0.4) is 0 Å². The molecule has 7 nitrogen and oxygen atoms in total. The summed E-state index contributed by atoms with van der Waals surface area (Å²) in [6, 6.07) is 13.2. The van der Waals surface area contributed by atoms with Crippen LogP contribution in [0.25, 0.3) is 0 Å². The summed E-state index contributed by atoms with van der Waals surface area (Å²) in [7, 11) is -3.65. The number of para-hydroxylation sites is 1. The molecule has 144 valence electrons. The first kappa shape index (κ1) is 20.4. The Bertz CT molecular complexity index is 926. The van der Waals surface area contributed by atoms with Gasteiger partial charge in [0.2, 0.25) is 15.9 Å². The van der Waals surface area contributed by atoms with Crippen LogP contribution in [0, 0.1) is 6.92 Å². The zero-order valence-corrected chi connectivity index (χ0v) is 16.2. The maximum Gasteiger partial charge on any atom is 0.338 e. The zero-order chi connectivity index (χ0) is 20.0. The summed E-state index contributed by atoms with van der Waals surface area (Å²) in [5.41, 5.74) is 1.86. The third-order valence-corrected chi connectivity index (χ3v) is 4.90. The van der Waals surface area contributed by atoms with Gasteiger partial charge in [0.25, 0.3) is 0 Å². The highest BCUT2D eigenvalue weighted by molar-refractivity contribution is 7.92. The minimum atomic E-state index is -3.65. The predicted molar refractivity (Wildman–Crippen MR) is 104 cm³/mol. The lowest BCUT2D eigenvalue weighted by Gasteiger charge is -2.22. The van der Waals surface area contributed by atoms with E-state index in [1.165, 1.54) is 6.07 Å². The van der Waals surface area contributed by atoms with Gasteiger partial charge in [-0.25, -0.2) is 13.2 Å². The van der Waals surface area contributed by atoms with Crippen molar-refractivity contribution >= 4 is 33.3 Å². The molecule has 1 amide bonds. The van der Waals surface area contributed by atoms with Gasteiger partial charge in [-0.05, 0) is 43.7 Å². The second-order valence-electron chi connectivity index (χ2n) is 5.90. The average molecular weight is 390 g/mol. The minimum Gasteiger partial charge on any atom is -0.462 e. The number of rotatable bonds is 7. The van der Waals surface area contributed by atoms with Crippen LogP contribution in [0.4, 0.5) is 11.4 Å². The van der Waals surface area contributed by atoms with E-state index in [1.54, 1.807) is 56.3 Å². The smallest absolute Gasteiger partial charge is 0.338 e. The van der Waals surface area contributed by atoms with Gasteiger partial charge >= 0.3 is 5.97 Å². The van der Waals surface area contributed by atoms with E-state index in [4.69, 9.17) is 4.74 Å². The molecule has 0 saturated heterocycles. The first-order valence-electron chi connectivity index (χ1n) is 8.32. The summed E-state index contributed by atoms with van der Waals surface area (Å²) in [5.74, 6) is -1.01. The van der Waals surface area contributed by atoms with Gasteiger partial charge in [-0.2, -0.15) is 0 Å². The average Bonchev–Trinajstić information content (AvgIpc) is 2.61. The first-order valence-corrected chi connectivity index (χ1v) is 10.2. The Kier molecular flexibility index (Phi) is 6.57. The van der Waals surface area contributed by atoms with Crippen molar-refractivity contribution in [1.29, 1.82) is 0 Å². The topological polar surface area (TPSA) is 92.8 Å². The number of nitrogens with one attached hydrogen (secondary N) is 1. The molecule has 0 unspecified atom stereocenters. The highest BCUT2D eigenvalue weighted by atomic mass is 32.2. The number of hydrogen-bond donors (Lipinski definition) is 1. The molecule has 0 heterocycles. The van der Waals surface area contributed by atoms with Gasteiger partial charge in [-0.15, -0.1) is 0 Å². The van der Waals surface area contributed by atoms with Gasteiger partial charge in [0.15, 0.2) is 0 Å². The number of sulfonamides is 1. The summed E-state index contributed by atoms with van der Waals surface area (Å²) in [6.45, 7) is 3.34. The molecule has 0 aromatic heterocycles. The molecular formula is C19H22N2O5S. The fraction of sp³-hybridized carbons (Fsp3) is 0.263. The highest BCUT2D eigenvalue weighted by Gasteiger charge is 2.21. The fourth-order valence-corrected chi connectivity index (χ4v) is 3.27. The number of nitrogens with zero attached hydrogens (tertiary/aromatic N) is 1. The number of anilines is 2. The third kappa shape index (κ3) is 5.55. The molecule has 0 fully saturated rings. The quantitative estimate of drug-likeness (QED) is 0.734. The molecule has 2 aromatic carbocycles. The van der Waals surface area contributed by atoms with E-state index in [0.717, 1.165) is 16.1 Å². The van der Waals surface area contributed by atoms with E-state index in [1.807, 2.05) is 0 Å². The predicted octanol–water partition coefficient (Wildman–Crippen LogP) is 2.58. The van der Waals surface area contributed by atoms with Crippen LogP contribution in [-0.2, 0) is 19.6 Å². The number of benzene rings is 2. The Morgan fingerprint density at radius 2 is 1.78 bits per heavy atom. The number of aryl methyl sites for hydroxylation is 1. The molecule has 2 aromatic rings. The lowest BCUT2D eigenvalue weighted by molar-refractivity contribution is -0.114. The molecule has 0 aliphatic heterocycles. The van der Waals surface area contributed by atoms with Crippen molar-refractivity contribution in [2.75, 3.05) is 29.0 Å². The normalized spacial score (nSPS) is 10.9. The van der Waals surface area contributed by atoms with Gasteiger partial charge in [0.05, 0.1) is 24.1 Å². The van der Waals surface area contributed by atoms with Gasteiger partial charge in [-0.3, -0.25) is 9.10 Å². The summed E-state index contributed by atoms with van der Waals surface area (Å²) >= 11 is 0. The van der Waals surface area contributed by atoms with Crippen molar-refractivity contribution in [1.82, 2.24) is 0 Å². The molecule has 0 saturated carbocycles. The van der Waals surface area contributed by atoms with Gasteiger partial charge in [-0.1, -0.05) is 24.3 Å². The first-order chi connectivity index (χ1) is 12.7. The van der Waals surface area contributed by atoms with Crippen LogP contribution in [0.5, 0.6) is 0 Å². The number of carbonyl (C=O) groups is 2. The number of amides is 1. The van der Waals surface area contributed by atoms with Crippen molar-refractivity contribution in [3.63, 3.8) is 0 Å². The third-order valence-electron chi connectivity index (χ3n) is 3.75. The van der Waals surface area contributed by atoms with Gasteiger partial charge in [0, 0.05) is 5.69 Å². The van der Waals surface area contributed by atoms with E-state index < -0.39 is 21.9 Å². The van der Waals surface area contributed by atoms with Crippen LogP contribution in [0.1, 0.15) is 22.8 Å². The Morgan fingerprint density at radius 1 is 1.11 bits per heavy atom. The Morgan fingerprint density at radius 3 is 2.37 bits per heavy atom. The summed E-state index contributed by atoms with van der Waals surface area (Å²) in [4.78, 5) is 24.3. The maximum atomic E-state index is 12.5. The molecule has 0 spiro atoms. The fourth-order valence-electron chi connectivity index (χ4n) is 2.41. The highest BCUT2D eigenvalue weighted by Crippen LogP contribution is 2.20. The maximum absolute atomic E-state index is 12.5. The number of ether oxygens (including phenoxy) is 1. The number of esters is 1. The molecule has 0 bridgehead atoms. The van der Waals surface area contributed by atoms with E-state index in [9.17, 15) is 18.0 Å². The second kappa shape index (κ2) is 8.68. The van der Waals surface area contributed by atoms with Crippen molar-refractivity contribution < 1.29 is 22.7 Å². The lowest BCUT2D eigenvalue weighted by Crippen LogP contribution is -2.37. The van der Waals surface area contributed by atoms with Crippen molar-refractivity contribution in [2.24, 2.45) is 0 Å². The van der Waals surface area contributed by atoms with E-state index in [2.05, 4.69) is 5.32 Å². The van der Waals surface area contributed by atoms with Crippen molar-refractivity contribution in [3.8, 4) is 0 Å². The molecule has 8 heteroatoms. The van der Waals surface area contributed by atoms with E-state index in [0.29, 0.717) is 16.9 Å². The van der Waals surface area contributed by atoms with E-state index in [-0.39, 0.29) is 13.2 Å². The SMILES string of the molecule is CCOC(=O)c1ccc(C)c(NC(=O)CN(c2ccccc2)S(C)(=O)=O)c1. The molecular weight excluding hydrogens is 368 g/mol. The van der Waals surface area contributed by atoms with Crippen molar-refractivity contribution in [3.05, 3.63) is 59.7 Å². The summed E-state index contributed by atoms with van der Waals surface area (Å²) in [6.07, 6.45) is 1.04. The minimum absolute atomic E-state index is 0.245. The molecule has 1 N–H and O–H groups in total. The van der Waals surface area contributed by atoms with Crippen LogP contribution in [-0.4, -0.2) is 39.7 Å². The van der Waals surface area contributed by atoms with Crippen molar-refractivity contribution in [2.45, 2.75) is 13.8 Å². The molecule has 27 heavy (non-hydrogen) atoms. The molecule has 0 radical (unpaired) electrons. The van der Waals surface area contributed by atoms with Gasteiger partial charge < -0.3 is 10.1 Å². The Hall–Kier alpha value is -2.87. The summed E-state index contributed by atoms with van der Waals surface area (Å²) < 4.78 is 30.2. The monoisotopic (exact) mass is 390 g/mol. The lowest BCUT2D eigenvalue weighted by atomic mass is 10.1. The second-order valence-corrected chi connectivity index (χ2v) is 7.81. The molecule has 0 aliphatic carbocycles. The largest absolute Gasteiger partial charge is 0.462 e. The zero-order valence-electron chi connectivity index (χ0n) is 15.4. The molecule has 0 atom stereocenters. The Balaban J connectivity index is 2.21. The Labute approximate surface area is 159 Å². The van der Waals surface area contributed by atoms with E-state index >= 15 is 0 Å². The summed E-state index contributed by atoms with van der Waals surface area (Å²) in [5, 5.41) is 2.67. The number of hydrogen-bond acceptors (Lipinski definition) is 5. The van der Waals surface area contributed by atoms with Crippen LogP contribution in [0.2, 0.25) is 0 Å². The van der Waals surface area contributed by atoms with Gasteiger partial charge in [0.1, 0.15) is 6.54 Å². The van der Waals surface area contributed by atoms with Crippen LogP contribution < -0.4 is 9.62 Å².